The van der Waals surface area contributed by atoms with Crippen molar-refractivity contribution in [3.8, 4) is 0 Å². The summed E-state index contributed by atoms with van der Waals surface area (Å²) in [5.41, 5.74) is -0.445. The van der Waals surface area contributed by atoms with Gasteiger partial charge in [0.25, 0.3) is 0 Å². The molecule has 1 aliphatic heterocycles. The summed E-state index contributed by atoms with van der Waals surface area (Å²) in [5, 5.41) is -0.235. The molecule has 170 valence electrons. The molecule has 0 atom stereocenters. The molecule has 1 fully saturated rings. The molecule has 6 nitrogen and oxygen atoms in total. The van der Waals surface area contributed by atoms with Crippen LogP contribution < -0.4 is 4.72 Å². The van der Waals surface area contributed by atoms with Crippen LogP contribution in [0.4, 0.5) is 13.2 Å². The Labute approximate surface area is 184 Å². The fraction of sp³-hybridized carbons (Fsp3) is 0.368. The minimum absolute atomic E-state index is 0.0378. The molecule has 2 aromatic carbocycles. The van der Waals surface area contributed by atoms with Crippen molar-refractivity contribution in [3.63, 3.8) is 0 Å². The monoisotopic (exact) mass is 496 g/mol. The van der Waals surface area contributed by atoms with Crippen LogP contribution in [0.1, 0.15) is 24.0 Å². The Bertz CT molecular complexity index is 1160. The number of nitrogens with one attached hydrogen (secondary N) is 1. The number of piperidine rings is 1. The van der Waals surface area contributed by atoms with E-state index in [1.54, 1.807) is 12.1 Å². The van der Waals surface area contributed by atoms with Gasteiger partial charge in [0.15, 0.2) is 0 Å². The molecule has 0 spiro atoms. The first-order valence-electron chi connectivity index (χ1n) is 9.26. The van der Waals surface area contributed by atoms with Gasteiger partial charge >= 0.3 is 6.18 Å². The molecule has 12 heteroatoms. The van der Waals surface area contributed by atoms with Crippen LogP contribution in [-0.4, -0.2) is 40.3 Å². The van der Waals surface area contributed by atoms with Gasteiger partial charge < -0.3 is 0 Å². The number of rotatable bonds is 5. The van der Waals surface area contributed by atoms with Crippen molar-refractivity contribution >= 4 is 31.6 Å². The first-order chi connectivity index (χ1) is 14.3. The number of hydrogen-bond acceptors (Lipinski definition) is 4. The summed E-state index contributed by atoms with van der Waals surface area (Å²) in [5.74, 6) is 0. The number of nitrogens with zero attached hydrogens (tertiary/aromatic N) is 1. The van der Waals surface area contributed by atoms with Crippen LogP contribution in [0.15, 0.2) is 52.3 Å². The van der Waals surface area contributed by atoms with Crippen molar-refractivity contribution in [2.75, 3.05) is 13.1 Å². The van der Waals surface area contributed by atoms with Crippen LogP contribution in [0.3, 0.4) is 0 Å². The standard InChI is InChI=1S/C19H20ClF3N2O4S2/c1-13-2-5-16(6-3-13)31(28,29)25-10-8-15(9-11-25)24-30(26,27)18-7-4-14(20)12-17(18)19(21,22)23/h2-7,12,15,24H,8-11H2,1H3. The maximum absolute atomic E-state index is 13.3. The van der Waals surface area contributed by atoms with E-state index in [2.05, 4.69) is 4.72 Å². The van der Waals surface area contributed by atoms with Gasteiger partial charge in [0.2, 0.25) is 20.0 Å². The number of benzene rings is 2. The lowest BCUT2D eigenvalue weighted by Crippen LogP contribution is -2.46. The maximum Gasteiger partial charge on any atom is 0.417 e. The van der Waals surface area contributed by atoms with Gasteiger partial charge in [-0.3, -0.25) is 0 Å². The third-order valence-electron chi connectivity index (χ3n) is 4.97. The summed E-state index contributed by atoms with van der Waals surface area (Å²) >= 11 is 5.61. The lowest BCUT2D eigenvalue weighted by molar-refractivity contribution is -0.139. The van der Waals surface area contributed by atoms with Crippen LogP contribution in [0.25, 0.3) is 0 Å². The molecule has 1 N–H and O–H groups in total. The van der Waals surface area contributed by atoms with E-state index in [-0.39, 0.29) is 35.8 Å². The van der Waals surface area contributed by atoms with Gasteiger partial charge in [-0.05, 0) is 50.1 Å². The lowest BCUT2D eigenvalue weighted by atomic mass is 10.1. The molecule has 0 aliphatic carbocycles. The van der Waals surface area contributed by atoms with Gasteiger partial charge in [-0.1, -0.05) is 29.3 Å². The maximum atomic E-state index is 13.3. The van der Waals surface area contributed by atoms with Gasteiger partial charge in [-0.25, -0.2) is 21.6 Å². The number of alkyl halides is 3. The van der Waals surface area contributed by atoms with Crippen LogP contribution in [-0.2, 0) is 26.2 Å². The molecule has 1 aliphatic rings. The molecule has 0 saturated carbocycles. The molecule has 3 rings (SSSR count). The topological polar surface area (TPSA) is 83.6 Å². The third-order valence-corrected chi connectivity index (χ3v) is 8.70. The first kappa shape index (κ1) is 24.0. The van der Waals surface area contributed by atoms with E-state index in [0.29, 0.717) is 6.07 Å². The molecule has 31 heavy (non-hydrogen) atoms. The number of aryl methyl sites for hydroxylation is 1. The van der Waals surface area contributed by atoms with Crippen LogP contribution in [0.5, 0.6) is 0 Å². The Morgan fingerprint density at radius 2 is 1.58 bits per heavy atom. The number of sulfonamides is 2. The van der Waals surface area contributed by atoms with E-state index in [0.717, 1.165) is 17.7 Å². The fourth-order valence-corrected chi connectivity index (χ4v) is 6.47. The zero-order valence-electron chi connectivity index (χ0n) is 16.4. The van der Waals surface area contributed by atoms with Crippen LogP contribution in [0.2, 0.25) is 5.02 Å². The van der Waals surface area contributed by atoms with Gasteiger partial charge in [-0.2, -0.15) is 17.5 Å². The summed E-state index contributed by atoms with van der Waals surface area (Å²) in [4.78, 5) is -0.785. The van der Waals surface area contributed by atoms with E-state index in [9.17, 15) is 30.0 Å². The zero-order valence-corrected chi connectivity index (χ0v) is 18.7. The fourth-order valence-electron chi connectivity index (χ4n) is 3.31. The summed E-state index contributed by atoms with van der Waals surface area (Å²) in [7, 11) is -8.23. The smallest absolute Gasteiger partial charge is 0.208 e. The van der Waals surface area contributed by atoms with Gasteiger partial charge in [0.1, 0.15) is 0 Å². The van der Waals surface area contributed by atoms with Crippen molar-refractivity contribution in [1.82, 2.24) is 9.03 Å². The summed E-state index contributed by atoms with van der Waals surface area (Å²) in [6.45, 7) is 1.91. The highest BCUT2D eigenvalue weighted by molar-refractivity contribution is 7.89. The number of halogens is 4. The average Bonchev–Trinajstić information content (AvgIpc) is 2.67. The Kier molecular flexibility index (Phi) is 6.73. The molecule has 1 heterocycles. The quantitative estimate of drug-likeness (QED) is 0.682. The van der Waals surface area contributed by atoms with Crippen molar-refractivity contribution in [1.29, 1.82) is 0 Å². The van der Waals surface area contributed by atoms with Gasteiger partial charge in [0.05, 0.1) is 15.4 Å². The highest BCUT2D eigenvalue weighted by atomic mass is 35.5. The Morgan fingerprint density at radius 3 is 2.13 bits per heavy atom. The molecule has 0 aromatic heterocycles. The van der Waals surface area contributed by atoms with Crippen molar-refractivity contribution in [2.45, 2.75) is 41.8 Å². The van der Waals surface area contributed by atoms with Crippen molar-refractivity contribution in [2.24, 2.45) is 0 Å². The molecule has 2 aromatic rings. The van der Waals surface area contributed by atoms with Crippen molar-refractivity contribution < 1.29 is 30.0 Å². The van der Waals surface area contributed by atoms with Gasteiger partial charge in [0, 0.05) is 24.2 Å². The zero-order chi connectivity index (χ0) is 23.0. The minimum Gasteiger partial charge on any atom is -0.208 e. The van der Waals surface area contributed by atoms with E-state index in [1.165, 1.54) is 16.4 Å². The Hall–Kier alpha value is -1.66. The van der Waals surface area contributed by atoms with E-state index in [1.807, 2.05) is 6.92 Å². The van der Waals surface area contributed by atoms with Crippen LogP contribution >= 0.6 is 11.6 Å². The normalized spacial score (nSPS) is 17.1. The summed E-state index contributed by atoms with van der Waals surface area (Å²) in [6.07, 6.45) is -4.65. The highest BCUT2D eigenvalue weighted by Crippen LogP contribution is 2.36. The predicted octanol–water partition coefficient (Wildman–Crippen LogP) is 3.80. The van der Waals surface area contributed by atoms with E-state index < -0.39 is 42.7 Å². The van der Waals surface area contributed by atoms with Gasteiger partial charge in [-0.15, -0.1) is 0 Å². The molecular weight excluding hydrogens is 477 g/mol. The highest BCUT2D eigenvalue weighted by Gasteiger charge is 2.38. The van der Waals surface area contributed by atoms with E-state index in [4.69, 9.17) is 11.6 Å². The molecule has 1 saturated heterocycles. The number of hydrogen-bond donors (Lipinski definition) is 1. The Morgan fingerprint density at radius 1 is 1.00 bits per heavy atom. The second-order valence-corrected chi connectivity index (χ2v) is 11.3. The Balaban J connectivity index is 1.73. The SMILES string of the molecule is Cc1ccc(S(=O)(=O)N2CCC(NS(=O)(=O)c3ccc(Cl)cc3C(F)(F)F)CC2)cc1. The molecule has 0 unspecified atom stereocenters. The average molecular weight is 497 g/mol. The largest absolute Gasteiger partial charge is 0.417 e. The van der Waals surface area contributed by atoms with Crippen LogP contribution in [0, 0.1) is 6.92 Å². The van der Waals surface area contributed by atoms with Crippen molar-refractivity contribution in [3.05, 3.63) is 58.6 Å². The molecule has 0 amide bonds. The summed E-state index contributed by atoms with van der Waals surface area (Å²) in [6, 6.07) is 8.10. The minimum atomic E-state index is -4.90. The molecular formula is C19H20ClF3N2O4S2. The molecule has 0 radical (unpaired) electrons. The first-order valence-corrected chi connectivity index (χ1v) is 12.6. The lowest BCUT2D eigenvalue weighted by Gasteiger charge is -2.31. The summed E-state index contributed by atoms with van der Waals surface area (Å²) < 4.78 is 94.1. The predicted molar refractivity (Wildman–Crippen MR) is 110 cm³/mol. The second-order valence-electron chi connectivity index (χ2n) is 7.25. The second kappa shape index (κ2) is 8.70. The van der Waals surface area contributed by atoms with E-state index >= 15 is 0 Å². The molecule has 0 bridgehead atoms. The third kappa shape index (κ3) is 5.40.